The average Bonchev–Trinajstić information content (AvgIpc) is 3.45. The molecule has 45 heavy (non-hydrogen) atoms. The van der Waals surface area contributed by atoms with Crippen molar-refractivity contribution in [3.05, 3.63) is 78.2 Å². The maximum absolute atomic E-state index is 13.4. The minimum Gasteiger partial charge on any atom is -0.492 e. The van der Waals surface area contributed by atoms with Crippen LogP contribution >= 0.6 is 0 Å². The molecule has 3 aliphatic rings. The third-order valence-corrected chi connectivity index (χ3v) is 7.65. The van der Waals surface area contributed by atoms with Crippen molar-refractivity contribution in [2.24, 2.45) is 0 Å². The van der Waals surface area contributed by atoms with Crippen LogP contribution < -0.4 is 9.64 Å². The van der Waals surface area contributed by atoms with Crippen molar-refractivity contribution < 1.29 is 37.3 Å². The highest BCUT2D eigenvalue weighted by Crippen LogP contribution is 2.38. The van der Waals surface area contributed by atoms with E-state index in [0.29, 0.717) is 17.9 Å². The van der Waals surface area contributed by atoms with Crippen LogP contribution in [0, 0.1) is 11.3 Å². The lowest BCUT2D eigenvalue weighted by Gasteiger charge is -2.57. The number of halogens is 3. The number of hydrogen-bond acceptors (Lipinski definition) is 8. The lowest BCUT2D eigenvalue weighted by molar-refractivity contribution is -0.192. The first-order valence-corrected chi connectivity index (χ1v) is 14.0. The Balaban J connectivity index is 0.000000515. The molecule has 3 fully saturated rings. The first-order valence-electron chi connectivity index (χ1n) is 14.0. The third-order valence-electron chi connectivity index (χ3n) is 7.65. The lowest BCUT2D eigenvalue weighted by Crippen LogP contribution is -2.71. The quantitative estimate of drug-likeness (QED) is 0.317. The van der Waals surface area contributed by atoms with Crippen LogP contribution in [0.25, 0.3) is 16.6 Å². The fraction of sp³-hybridized carbons (Fsp3) is 0.323. The summed E-state index contributed by atoms with van der Waals surface area (Å²) in [5.74, 6) is -1.19. The molecule has 2 bridgehead atoms. The Bertz CT molecular complexity index is 1710. The Morgan fingerprint density at radius 1 is 1.13 bits per heavy atom. The summed E-state index contributed by atoms with van der Waals surface area (Å²) in [6, 6.07) is 18.1. The van der Waals surface area contributed by atoms with Crippen molar-refractivity contribution >= 4 is 23.2 Å². The second kappa shape index (κ2) is 12.8. The first kappa shape index (κ1) is 31.3. The van der Waals surface area contributed by atoms with Gasteiger partial charge in [-0.25, -0.2) is 14.3 Å². The predicted molar refractivity (Wildman–Crippen MR) is 155 cm³/mol. The van der Waals surface area contributed by atoms with E-state index in [4.69, 9.17) is 24.4 Å². The van der Waals surface area contributed by atoms with Crippen molar-refractivity contribution in [2.75, 3.05) is 31.7 Å². The zero-order chi connectivity index (χ0) is 32.3. The highest BCUT2D eigenvalue weighted by atomic mass is 19.4. The summed E-state index contributed by atoms with van der Waals surface area (Å²) in [4.78, 5) is 31.2. The van der Waals surface area contributed by atoms with E-state index in [0.717, 1.165) is 47.5 Å². The number of amides is 1. The number of hydrogen-bond donors (Lipinski definition) is 1. The van der Waals surface area contributed by atoms with Gasteiger partial charge in [0, 0.05) is 37.5 Å². The number of pyridine rings is 2. The molecule has 234 valence electrons. The Morgan fingerprint density at radius 2 is 1.82 bits per heavy atom. The summed E-state index contributed by atoms with van der Waals surface area (Å²) in [7, 11) is 1.59. The summed E-state index contributed by atoms with van der Waals surface area (Å²) < 4.78 is 44.7. The molecular weight excluding hydrogens is 593 g/mol. The number of aliphatic carboxylic acids is 1. The van der Waals surface area contributed by atoms with E-state index >= 15 is 0 Å². The number of ether oxygens (including phenoxy) is 2. The van der Waals surface area contributed by atoms with Crippen molar-refractivity contribution in [3.63, 3.8) is 0 Å². The summed E-state index contributed by atoms with van der Waals surface area (Å²) in [6.45, 7) is 3.91. The van der Waals surface area contributed by atoms with Gasteiger partial charge in [0.2, 0.25) is 0 Å². The number of carboxylic acid groups (broad SMARTS) is 1. The van der Waals surface area contributed by atoms with Gasteiger partial charge in [-0.3, -0.25) is 4.79 Å². The maximum atomic E-state index is 13.4. The molecule has 3 atom stereocenters. The van der Waals surface area contributed by atoms with E-state index in [1.54, 1.807) is 24.0 Å². The van der Waals surface area contributed by atoms with Crippen LogP contribution in [0.3, 0.4) is 0 Å². The van der Waals surface area contributed by atoms with Gasteiger partial charge in [-0.15, -0.1) is 0 Å². The smallest absolute Gasteiger partial charge is 0.490 e. The number of carboxylic acids is 1. The Kier molecular flexibility index (Phi) is 8.92. The standard InChI is InChI=1S/C29H28N6O3.C2HF3O2/c1-3-38-24-12-25(27-21(13-30)15-32-34(27)18-24)20-9-10-26(31-14-20)33-16-22-11-23(17-33)35(22)29(36)28(37-2)19-7-5-4-6-8-19;3-2(4,5)1(6)7/h4-10,12,14-15,18,22-23,28H,3,11,16-17H2,1-2H3;(H,6,7)/t22?,23?,28-;/m1./s1. The number of fused-ring (bicyclic) bond motifs is 3. The number of carbonyl (C=O) groups excluding carboxylic acids is 1. The normalized spacial score (nSPS) is 17.9. The topological polar surface area (TPSA) is 133 Å². The minimum absolute atomic E-state index is 0.0233. The molecule has 4 aromatic rings. The van der Waals surface area contributed by atoms with Crippen molar-refractivity contribution in [2.45, 2.75) is 37.7 Å². The molecular formula is C31H29F3N6O5. The fourth-order valence-electron chi connectivity index (χ4n) is 5.68. The molecule has 0 saturated carbocycles. The van der Waals surface area contributed by atoms with Gasteiger partial charge >= 0.3 is 12.1 Å². The van der Waals surface area contributed by atoms with Gasteiger partial charge in [0.25, 0.3) is 5.91 Å². The molecule has 1 amide bonds. The third kappa shape index (κ3) is 6.39. The van der Waals surface area contributed by atoms with Gasteiger partial charge in [-0.2, -0.15) is 23.5 Å². The fourth-order valence-corrected chi connectivity index (χ4v) is 5.68. The molecule has 3 saturated heterocycles. The monoisotopic (exact) mass is 622 g/mol. The molecule has 3 aromatic heterocycles. The molecule has 0 radical (unpaired) electrons. The zero-order valence-electron chi connectivity index (χ0n) is 24.3. The van der Waals surface area contributed by atoms with E-state index in [1.807, 2.05) is 66.6 Å². The number of carbonyl (C=O) groups is 2. The summed E-state index contributed by atoms with van der Waals surface area (Å²) in [5, 5.41) is 21.0. The Hall–Kier alpha value is -5.16. The van der Waals surface area contributed by atoms with Crippen LogP contribution in [-0.2, 0) is 14.3 Å². The molecule has 0 spiro atoms. The van der Waals surface area contributed by atoms with E-state index < -0.39 is 18.2 Å². The van der Waals surface area contributed by atoms with Gasteiger partial charge in [0.05, 0.1) is 42.2 Å². The molecule has 1 aromatic carbocycles. The van der Waals surface area contributed by atoms with E-state index in [-0.39, 0.29) is 18.0 Å². The number of methoxy groups -OCH3 is 1. The van der Waals surface area contributed by atoms with Gasteiger partial charge < -0.3 is 24.4 Å². The number of nitriles is 1. The molecule has 7 rings (SSSR count). The zero-order valence-corrected chi connectivity index (χ0v) is 24.3. The summed E-state index contributed by atoms with van der Waals surface area (Å²) >= 11 is 0. The second-order valence-corrected chi connectivity index (χ2v) is 10.4. The van der Waals surface area contributed by atoms with Gasteiger partial charge in [0.1, 0.15) is 17.6 Å². The number of nitrogens with zero attached hydrogens (tertiary/aromatic N) is 6. The van der Waals surface area contributed by atoms with Crippen LogP contribution in [0.2, 0.25) is 0 Å². The van der Waals surface area contributed by atoms with Gasteiger partial charge in [0.15, 0.2) is 6.10 Å². The van der Waals surface area contributed by atoms with E-state index in [1.165, 1.54) is 0 Å². The number of piperazine rings is 1. The molecule has 11 nitrogen and oxygen atoms in total. The van der Waals surface area contributed by atoms with Crippen molar-refractivity contribution in [3.8, 4) is 22.9 Å². The van der Waals surface area contributed by atoms with Crippen LogP contribution in [0.1, 0.15) is 30.6 Å². The lowest BCUT2D eigenvalue weighted by atomic mass is 9.86. The molecule has 14 heteroatoms. The number of benzene rings is 1. The van der Waals surface area contributed by atoms with E-state index in [2.05, 4.69) is 16.1 Å². The van der Waals surface area contributed by atoms with Crippen LogP contribution in [0.15, 0.2) is 67.1 Å². The Labute approximate surface area is 256 Å². The van der Waals surface area contributed by atoms with E-state index in [9.17, 15) is 23.2 Å². The number of anilines is 1. The molecule has 3 aliphatic heterocycles. The first-order chi connectivity index (χ1) is 21.5. The van der Waals surface area contributed by atoms with Gasteiger partial charge in [-0.05, 0) is 37.1 Å². The summed E-state index contributed by atoms with van der Waals surface area (Å²) in [5.41, 5.74) is 3.82. The average molecular weight is 623 g/mol. The number of aromatic nitrogens is 3. The highest BCUT2D eigenvalue weighted by Gasteiger charge is 2.49. The van der Waals surface area contributed by atoms with Gasteiger partial charge in [-0.1, -0.05) is 30.3 Å². The minimum atomic E-state index is -5.08. The predicted octanol–water partition coefficient (Wildman–Crippen LogP) is 4.48. The maximum Gasteiger partial charge on any atom is 0.490 e. The van der Waals surface area contributed by atoms with Crippen molar-refractivity contribution in [1.82, 2.24) is 19.5 Å². The largest absolute Gasteiger partial charge is 0.492 e. The number of piperidine rings is 1. The van der Waals surface area contributed by atoms with Crippen molar-refractivity contribution in [1.29, 1.82) is 5.26 Å². The summed E-state index contributed by atoms with van der Waals surface area (Å²) in [6.07, 6.45) is 0.496. The second-order valence-electron chi connectivity index (χ2n) is 10.4. The number of rotatable bonds is 7. The molecule has 1 N–H and O–H groups in total. The SMILES string of the molecule is CCOc1cc(-c2ccc(N3CC4CC(C3)N4C(=O)[C@H](OC)c3ccccc3)nc2)c2c(C#N)cnn2c1.O=C(O)C(F)(F)F. The van der Waals surface area contributed by atoms with Crippen LogP contribution in [0.5, 0.6) is 5.75 Å². The molecule has 0 aliphatic carbocycles. The van der Waals surface area contributed by atoms with Crippen LogP contribution in [-0.4, -0.2) is 81.5 Å². The highest BCUT2D eigenvalue weighted by molar-refractivity contribution is 5.86. The molecule has 2 unspecified atom stereocenters. The Morgan fingerprint density at radius 3 is 2.38 bits per heavy atom. The molecule has 6 heterocycles. The number of alkyl halides is 3. The van der Waals surface area contributed by atoms with Crippen LogP contribution in [0.4, 0.5) is 19.0 Å².